The third-order valence-electron chi connectivity index (χ3n) is 5.81. The molecule has 0 fully saturated rings. The van der Waals surface area contributed by atoms with Crippen molar-refractivity contribution < 1.29 is 24.0 Å². The van der Waals surface area contributed by atoms with E-state index < -0.39 is 22.8 Å². The first kappa shape index (κ1) is 27.3. The van der Waals surface area contributed by atoms with E-state index in [1.165, 1.54) is 18.2 Å². The number of allylic oxidation sites excluding steroid dienone is 2. The maximum atomic E-state index is 13.3. The Morgan fingerprint density at radius 1 is 1.00 bits per heavy atom. The van der Waals surface area contributed by atoms with Gasteiger partial charge in [0.1, 0.15) is 13.2 Å². The summed E-state index contributed by atoms with van der Waals surface area (Å²) in [5, 5.41) is 14.6. The van der Waals surface area contributed by atoms with Crippen LogP contribution in [-0.4, -0.2) is 55.6 Å². The molecule has 0 spiro atoms. The van der Waals surface area contributed by atoms with Crippen LogP contribution >= 0.6 is 0 Å². The summed E-state index contributed by atoms with van der Waals surface area (Å²) < 4.78 is 11.0. The maximum absolute atomic E-state index is 13.3. The van der Waals surface area contributed by atoms with Crippen LogP contribution in [0, 0.1) is 10.1 Å². The number of ether oxygens (including phenoxy) is 2. The van der Waals surface area contributed by atoms with Crippen LogP contribution in [0.25, 0.3) is 6.08 Å². The molecular formula is C28H31N3O6. The smallest absolute Gasteiger partial charge is 0.337 e. The molecule has 1 atom stereocenters. The van der Waals surface area contributed by atoms with Crippen molar-refractivity contribution in [1.29, 1.82) is 0 Å². The van der Waals surface area contributed by atoms with Crippen LogP contribution < -0.4 is 5.32 Å². The number of hydrogen-bond acceptors (Lipinski definition) is 8. The lowest BCUT2D eigenvalue weighted by Gasteiger charge is -2.30. The quantitative estimate of drug-likeness (QED) is 0.291. The van der Waals surface area contributed by atoms with Gasteiger partial charge in [0.05, 0.1) is 22.0 Å². The lowest BCUT2D eigenvalue weighted by molar-refractivity contribution is -0.384. The fourth-order valence-corrected chi connectivity index (χ4v) is 4.03. The van der Waals surface area contributed by atoms with Gasteiger partial charge in [-0.15, -0.1) is 0 Å². The monoisotopic (exact) mass is 505 g/mol. The molecule has 1 aliphatic heterocycles. The number of esters is 2. The first-order valence-electron chi connectivity index (χ1n) is 11.8. The van der Waals surface area contributed by atoms with Crippen molar-refractivity contribution in [2.45, 2.75) is 19.8 Å². The van der Waals surface area contributed by atoms with Gasteiger partial charge in [-0.05, 0) is 45.1 Å². The van der Waals surface area contributed by atoms with E-state index in [4.69, 9.17) is 9.47 Å². The molecule has 1 aliphatic rings. The first-order valence-corrected chi connectivity index (χ1v) is 11.8. The summed E-state index contributed by atoms with van der Waals surface area (Å²) in [5.41, 5.74) is 2.63. The van der Waals surface area contributed by atoms with Crippen molar-refractivity contribution in [2.75, 3.05) is 33.9 Å². The maximum Gasteiger partial charge on any atom is 0.337 e. The van der Waals surface area contributed by atoms with Crippen molar-refractivity contribution in [3.63, 3.8) is 0 Å². The molecule has 0 bridgehead atoms. The number of non-ortho nitro benzene ring substituents is 1. The van der Waals surface area contributed by atoms with E-state index in [9.17, 15) is 19.7 Å². The number of carbonyl (C=O) groups excluding carboxylic acids is 2. The lowest BCUT2D eigenvalue weighted by Crippen LogP contribution is -2.33. The summed E-state index contributed by atoms with van der Waals surface area (Å²) >= 11 is 0. The molecule has 0 radical (unpaired) electrons. The second kappa shape index (κ2) is 12.6. The molecule has 0 saturated heterocycles. The SMILES string of the molecule is CC1=C(C(=O)OCC=Cc2ccccc2)C(c2cccc([N+](=O)[O-])c2)C(C(=O)OCCN(C)C)=C(C)N1. The number of dihydropyridines is 1. The molecule has 9 nitrogen and oxygen atoms in total. The Morgan fingerprint density at radius 2 is 1.65 bits per heavy atom. The predicted octanol–water partition coefficient (Wildman–Crippen LogP) is 4.19. The minimum atomic E-state index is -0.904. The highest BCUT2D eigenvalue weighted by atomic mass is 16.6. The Hall–Kier alpha value is -4.24. The van der Waals surface area contributed by atoms with E-state index in [0.29, 0.717) is 23.5 Å². The molecule has 1 unspecified atom stereocenters. The highest BCUT2D eigenvalue weighted by Gasteiger charge is 2.38. The Labute approximate surface area is 216 Å². The molecule has 3 rings (SSSR count). The van der Waals surface area contributed by atoms with Gasteiger partial charge in [0, 0.05) is 30.1 Å². The average Bonchev–Trinajstić information content (AvgIpc) is 2.86. The van der Waals surface area contributed by atoms with Crippen LogP contribution in [0.15, 0.2) is 83.2 Å². The highest BCUT2D eigenvalue weighted by molar-refractivity contribution is 6.00. The van der Waals surface area contributed by atoms with E-state index in [2.05, 4.69) is 5.32 Å². The Balaban J connectivity index is 1.93. The van der Waals surface area contributed by atoms with Crippen LogP contribution in [0.2, 0.25) is 0 Å². The number of nitro groups is 1. The number of nitrogens with one attached hydrogen (secondary N) is 1. The summed E-state index contributed by atoms with van der Waals surface area (Å²) in [6.45, 7) is 4.10. The van der Waals surface area contributed by atoms with E-state index in [-0.39, 0.29) is 30.0 Å². The molecule has 2 aromatic rings. The molecule has 0 aromatic heterocycles. The zero-order chi connectivity index (χ0) is 26.9. The minimum absolute atomic E-state index is 0.0114. The Kier molecular flexibility index (Phi) is 9.34. The molecule has 0 saturated carbocycles. The zero-order valence-corrected chi connectivity index (χ0v) is 21.4. The molecule has 37 heavy (non-hydrogen) atoms. The van der Waals surface area contributed by atoms with Crippen molar-refractivity contribution in [3.8, 4) is 0 Å². The van der Waals surface area contributed by atoms with Gasteiger partial charge in [-0.1, -0.05) is 48.5 Å². The summed E-state index contributed by atoms with van der Waals surface area (Å²) in [4.78, 5) is 39.4. The standard InChI is InChI=1S/C28H31N3O6/c1-19-24(27(32)36-16-9-12-21-10-6-5-7-11-21)26(22-13-8-14-23(18-22)31(34)35)25(20(2)29-19)28(33)37-17-15-30(3)4/h5-14,18,26,29H,15-17H2,1-4H3. The number of nitrogens with zero attached hydrogens (tertiary/aromatic N) is 2. The molecule has 9 heteroatoms. The normalized spacial score (nSPS) is 15.6. The van der Waals surface area contributed by atoms with E-state index >= 15 is 0 Å². The third-order valence-corrected chi connectivity index (χ3v) is 5.81. The molecule has 1 N–H and O–H groups in total. The molecular weight excluding hydrogens is 474 g/mol. The summed E-state index contributed by atoms with van der Waals surface area (Å²) in [6, 6.07) is 15.5. The fourth-order valence-electron chi connectivity index (χ4n) is 4.03. The summed E-state index contributed by atoms with van der Waals surface area (Å²) in [7, 11) is 3.72. The first-order chi connectivity index (χ1) is 17.7. The average molecular weight is 506 g/mol. The van der Waals surface area contributed by atoms with Crippen molar-refractivity contribution in [3.05, 3.63) is 104 Å². The topological polar surface area (TPSA) is 111 Å². The van der Waals surface area contributed by atoms with Crippen molar-refractivity contribution in [2.24, 2.45) is 0 Å². The van der Waals surface area contributed by atoms with Gasteiger partial charge in [-0.2, -0.15) is 0 Å². The van der Waals surface area contributed by atoms with Gasteiger partial charge in [0.15, 0.2) is 0 Å². The van der Waals surface area contributed by atoms with Crippen LogP contribution in [0.5, 0.6) is 0 Å². The van der Waals surface area contributed by atoms with Crippen molar-refractivity contribution in [1.82, 2.24) is 10.2 Å². The van der Waals surface area contributed by atoms with Crippen LogP contribution in [0.3, 0.4) is 0 Å². The minimum Gasteiger partial charge on any atom is -0.461 e. The molecule has 2 aromatic carbocycles. The van der Waals surface area contributed by atoms with Gasteiger partial charge in [-0.3, -0.25) is 10.1 Å². The summed E-state index contributed by atoms with van der Waals surface area (Å²) in [6.07, 6.45) is 3.56. The second-order valence-electron chi connectivity index (χ2n) is 8.84. The van der Waals surface area contributed by atoms with Gasteiger partial charge < -0.3 is 19.7 Å². The van der Waals surface area contributed by atoms with Crippen LogP contribution in [0.1, 0.15) is 30.9 Å². The number of rotatable bonds is 10. The molecule has 0 aliphatic carbocycles. The largest absolute Gasteiger partial charge is 0.461 e. The van der Waals surface area contributed by atoms with E-state index in [0.717, 1.165) is 5.56 Å². The lowest BCUT2D eigenvalue weighted by atomic mass is 9.80. The molecule has 0 amide bonds. The highest BCUT2D eigenvalue weighted by Crippen LogP contribution is 2.40. The van der Waals surface area contributed by atoms with Crippen LogP contribution in [-0.2, 0) is 19.1 Å². The third kappa shape index (κ3) is 7.14. The zero-order valence-electron chi connectivity index (χ0n) is 21.4. The Bertz CT molecular complexity index is 1250. The number of carbonyl (C=O) groups is 2. The van der Waals surface area contributed by atoms with E-state index in [1.807, 2.05) is 55.4 Å². The van der Waals surface area contributed by atoms with Gasteiger partial charge in [0.2, 0.25) is 0 Å². The second-order valence-corrected chi connectivity index (χ2v) is 8.84. The summed E-state index contributed by atoms with van der Waals surface area (Å²) in [5.74, 6) is -2.14. The molecule has 194 valence electrons. The van der Waals surface area contributed by atoms with Gasteiger partial charge in [0.25, 0.3) is 5.69 Å². The van der Waals surface area contributed by atoms with Gasteiger partial charge >= 0.3 is 11.9 Å². The van der Waals surface area contributed by atoms with E-state index in [1.54, 1.807) is 26.0 Å². The number of hydrogen-bond donors (Lipinski definition) is 1. The van der Waals surface area contributed by atoms with Crippen molar-refractivity contribution >= 4 is 23.7 Å². The fraction of sp³-hybridized carbons (Fsp3) is 0.286. The van der Waals surface area contributed by atoms with Gasteiger partial charge in [-0.25, -0.2) is 9.59 Å². The molecule has 1 heterocycles. The number of nitro benzene ring substituents is 1. The number of benzene rings is 2. The number of likely N-dealkylation sites (N-methyl/N-ethyl adjacent to an activating group) is 1. The van der Waals surface area contributed by atoms with Crippen LogP contribution in [0.4, 0.5) is 5.69 Å². The predicted molar refractivity (Wildman–Crippen MR) is 140 cm³/mol. The Morgan fingerprint density at radius 3 is 2.27 bits per heavy atom.